The summed E-state index contributed by atoms with van der Waals surface area (Å²) in [5, 5.41) is 14.0. The predicted molar refractivity (Wildman–Crippen MR) is 180 cm³/mol. The minimum Gasteiger partial charge on any atom is -0.484 e. The summed E-state index contributed by atoms with van der Waals surface area (Å²) in [6.07, 6.45) is 1.89. The molecule has 12 nitrogen and oxygen atoms in total. The van der Waals surface area contributed by atoms with E-state index in [9.17, 15) is 24.0 Å². The fraction of sp³-hybridized carbons (Fsp3) is 0.429. The Balaban J connectivity index is 1.31. The standard InChI is InChI=1S/C35H42N6O6S/c1-21(2)31-35(46)41-15-7-10-28(41)34(45)37-22(3)32(43)39-27(16-24-11-13-26(14-12-24)47-19-29(42)40-31)33(44)36-18-25-20-48-30(38-25)17-23-8-5-4-6-9-23/h4-6,8-9,11-14,20-22,27-28,31H,7,10,15-19H2,1-3H3,(H,36,44)(H,37,45)(H,39,43)(H,40,42)/t22-,27-,28+,31-/m0/s1. The summed E-state index contributed by atoms with van der Waals surface area (Å²) >= 11 is 1.52. The molecule has 1 aromatic heterocycles. The highest BCUT2D eigenvalue weighted by Crippen LogP contribution is 2.21. The second kappa shape index (κ2) is 15.9. The van der Waals surface area contributed by atoms with E-state index in [1.54, 1.807) is 31.2 Å². The maximum atomic E-state index is 13.6. The zero-order valence-corrected chi connectivity index (χ0v) is 28.2. The molecule has 0 unspecified atom stereocenters. The molecule has 5 amide bonds. The van der Waals surface area contributed by atoms with Crippen molar-refractivity contribution in [2.24, 2.45) is 5.92 Å². The van der Waals surface area contributed by atoms with Crippen LogP contribution in [-0.2, 0) is 43.4 Å². The van der Waals surface area contributed by atoms with Crippen LogP contribution in [0.15, 0.2) is 60.0 Å². The smallest absolute Gasteiger partial charge is 0.258 e. The Morgan fingerprint density at radius 3 is 2.50 bits per heavy atom. The van der Waals surface area contributed by atoms with Crippen LogP contribution in [0.4, 0.5) is 0 Å². The highest BCUT2D eigenvalue weighted by Gasteiger charge is 2.39. The third kappa shape index (κ3) is 8.97. The van der Waals surface area contributed by atoms with Gasteiger partial charge in [-0.25, -0.2) is 4.98 Å². The summed E-state index contributed by atoms with van der Waals surface area (Å²) in [5.41, 5.74) is 2.60. The third-order valence-electron chi connectivity index (χ3n) is 8.45. The zero-order chi connectivity index (χ0) is 34.2. The van der Waals surface area contributed by atoms with Gasteiger partial charge in [0.05, 0.1) is 17.2 Å². The van der Waals surface area contributed by atoms with E-state index in [0.717, 1.165) is 16.1 Å². The van der Waals surface area contributed by atoms with E-state index in [0.29, 0.717) is 37.3 Å². The van der Waals surface area contributed by atoms with Crippen LogP contribution in [0, 0.1) is 5.92 Å². The summed E-state index contributed by atoms with van der Waals surface area (Å²) in [6.45, 7) is 5.42. The molecule has 0 saturated carbocycles. The van der Waals surface area contributed by atoms with Gasteiger partial charge in [0.25, 0.3) is 5.91 Å². The van der Waals surface area contributed by atoms with Gasteiger partial charge in [-0.1, -0.05) is 56.3 Å². The SMILES string of the molecule is CC(C)[C@@H]1NC(=O)COc2ccc(cc2)C[C@@H](C(=O)NCc2csc(Cc3ccccc3)n2)NC(=O)[C@H](C)NC(=O)[C@H]2CCCN2C1=O. The van der Waals surface area contributed by atoms with Gasteiger partial charge in [0.1, 0.15) is 29.9 Å². The summed E-state index contributed by atoms with van der Waals surface area (Å²) in [5.74, 6) is -2.04. The number of nitrogens with one attached hydrogen (secondary N) is 4. The topological polar surface area (TPSA) is 159 Å². The number of carbonyl (C=O) groups excluding carboxylic acids is 5. The first-order chi connectivity index (χ1) is 23.1. The number of thiazole rings is 1. The molecule has 3 aromatic rings. The lowest BCUT2D eigenvalue weighted by Crippen LogP contribution is -2.58. The van der Waals surface area contributed by atoms with E-state index in [1.165, 1.54) is 16.2 Å². The summed E-state index contributed by atoms with van der Waals surface area (Å²) in [4.78, 5) is 72.8. The fourth-order valence-electron chi connectivity index (χ4n) is 5.78. The Labute approximate surface area is 284 Å². The van der Waals surface area contributed by atoms with Crippen LogP contribution in [0.3, 0.4) is 0 Å². The highest BCUT2D eigenvalue weighted by atomic mass is 32.1. The second-order valence-corrected chi connectivity index (χ2v) is 13.5. The maximum Gasteiger partial charge on any atom is 0.258 e. The Hall–Kier alpha value is -4.78. The van der Waals surface area contributed by atoms with E-state index in [1.807, 2.05) is 49.6 Å². The van der Waals surface area contributed by atoms with E-state index in [2.05, 4.69) is 26.3 Å². The number of amides is 5. The summed E-state index contributed by atoms with van der Waals surface area (Å²) in [6, 6.07) is 13.3. The van der Waals surface area contributed by atoms with E-state index < -0.39 is 47.8 Å². The number of hydrogen-bond acceptors (Lipinski definition) is 8. The molecule has 4 atom stereocenters. The van der Waals surface area contributed by atoms with Gasteiger partial charge in [0.15, 0.2) is 6.61 Å². The van der Waals surface area contributed by atoms with Gasteiger partial charge in [0, 0.05) is 24.8 Å². The van der Waals surface area contributed by atoms with Crippen LogP contribution in [0.5, 0.6) is 5.75 Å². The Kier molecular flexibility index (Phi) is 11.4. The minimum atomic E-state index is -0.983. The quantitative estimate of drug-likeness (QED) is 0.312. The van der Waals surface area contributed by atoms with Crippen LogP contribution >= 0.6 is 11.3 Å². The Morgan fingerprint density at radius 2 is 1.77 bits per heavy atom. The second-order valence-electron chi connectivity index (χ2n) is 12.5. The number of fused-ring (bicyclic) bond motifs is 13. The molecule has 3 aliphatic heterocycles. The fourth-order valence-corrected chi connectivity index (χ4v) is 6.61. The number of rotatable bonds is 6. The molecule has 3 aliphatic rings. The lowest BCUT2D eigenvalue weighted by molar-refractivity contribution is -0.143. The van der Waals surface area contributed by atoms with Crippen molar-refractivity contribution in [3.8, 4) is 5.75 Å². The number of ether oxygens (including phenoxy) is 1. The number of nitrogens with zero attached hydrogens (tertiary/aromatic N) is 2. The van der Waals surface area contributed by atoms with Gasteiger partial charge in [-0.2, -0.15) is 0 Å². The van der Waals surface area contributed by atoms with Crippen LogP contribution in [0.1, 0.15) is 55.4 Å². The average molecular weight is 675 g/mol. The van der Waals surface area contributed by atoms with Gasteiger partial charge in [-0.3, -0.25) is 24.0 Å². The first-order valence-electron chi connectivity index (χ1n) is 16.2. The van der Waals surface area contributed by atoms with E-state index in [-0.39, 0.29) is 31.4 Å². The highest BCUT2D eigenvalue weighted by molar-refractivity contribution is 7.09. The predicted octanol–water partition coefficient (Wildman–Crippen LogP) is 2.11. The van der Waals surface area contributed by atoms with Crippen molar-refractivity contribution in [2.75, 3.05) is 13.2 Å². The van der Waals surface area contributed by atoms with Crippen molar-refractivity contribution in [2.45, 2.75) is 77.2 Å². The molecule has 2 bridgehead atoms. The summed E-state index contributed by atoms with van der Waals surface area (Å²) < 4.78 is 5.68. The lowest BCUT2D eigenvalue weighted by atomic mass is 10.0. The van der Waals surface area contributed by atoms with Crippen molar-refractivity contribution < 1.29 is 28.7 Å². The van der Waals surface area contributed by atoms with Crippen molar-refractivity contribution >= 4 is 40.9 Å². The molecule has 254 valence electrons. The van der Waals surface area contributed by atoms with Gasteiger partial charge < -0.3 is 30.9 Å². The van der Waals surface area contributed by atoms with Crippen LogP contribution < -0.4 is 26.0 Å². The third-order valence-corrected chi connectivity index (χ3v) is 9.34. The normalized spacial score (nSPS) is 22.5. The molecule has 2 aromatic carbocycles. The van der Waals surface area contributed by atoms with Gasteiger partial charge in [-0.15, -0.1) is 11.3 Å². The van der Waals surface area contributed by atoms with Crippen LogP contribution in [0.2, 0.25) is 0 Å². The molecule has 48 heavy (non-hydrogen) atoms. The molecule has 1 saturated heterocycles. The average Bonchev–Trinajstić information content (AvgIpc) is 3.75. The molecule has 1 fully saturated rings. The van der Waals surface area contributed by atoms with Crippen LogP contribution in [-0.4, -0.2) is 76.7 Å². The number of aromatic nitrogens is 1. The molecule has 13 heteroatoms. The largest absolute Gasteiger partial charge is 0.484 e. The van der Waals surface area contributed by atoms with Gasteiger partial charge in [0.2, 0.25) is 23.6 Å². The number of carbonyl (C=O) groups is 5. The monoisotopic (exact) mass is 674 g/mol. The van der Waals surface area contributed by atoms with E-state index in [4.69, 9.17) is 4.74 Å². The molecule has 0 radical (unpaired) electrons. The number of hydrogen-bond donors (Lipinski definition) is 4. The molecule has 6 rings (SSSR count). The molecular formula is C35H42N6O6S. The lowest BCUT2D eigenvalue weighted by Gasteiger charge is -2.31. The Morgan fingerprint density at radius 1 is 1.02 bits per heavy atom. The number of benzene rings is 2. The van der Waals surface area contributed by atoms with Crippen molar-refractivity contribution in [3.63, 3.8) is 0 Å². The van der Waals surface area contributed by atoms with Gasteiger partial charge in [-0.05, 0) is 48.9 Å². The maximum absolute atomic E-state index is 13.6. The summed E-state index contributed by atoms with van der Waals surface area (Å²) in [7, 11) is 0. The molecule has 0 spiro atoms. The molecule has 0 aliphatic carbocycles. The first kappa shape index (κ1) is 34.6. The van der Waals surface area contributed by atoms with Gasteiger partial charge >= 0.3 is 0 Å². The Bertz CT molecular complexity index is 1610. The van der Waals surface area contributed by atoms with Crippen molar-refractivity contribution in [3.05, 3.63) is 81.8 Å². The van der Waals surface area contributed by atoms with Crippen molar-refractivity contribution in [1.82, 2.24) is 31.2 Å². The molecular weight excluding hydrogens is 632 g/mol. The van der Waals surface area contributed by atoms with Crippen LogP contribution in [0.25, 0.3) is 0 Å². The van der Waals surface area contributed by atoms with E-state index >= 15 is 0 Å². The first-order valence-corrected chi connectivity index (χ1v) is 17.1. The van der Waals surface area contributed by atoms with Crippen molar-refractivity contribution in [1.29, 1.82) is 0 Å². The minimum absolute atomic E-state index is 0.163. The molecule has 4 heterocycles. The molecule has 4 N–H and O–H groups in total. The zero-order valence-electron chi connectivity index (χ0n) is 27.4.